The fourth-order valence-electron chi connectivity index (χ4n) is 1.49. The lowest BCUT2D eigenvalue weighted by atomic mass is 10.2. The van der Waals surface area contributed by atoms with Crippen molar-refractivity contribution in [3.63, 3.8) is 0 Å². The summed E-state index contributed by atoms with van der Waals surface area (Å²) < 4.78 is 2.61. The summed E-state index contributed by atoms with van der Waals surface area (Å²) in [5.74, 6) is -0.164. The second-order valence-corrected chi connectivity index (χ2v) is 4.72. The second kappa shape index (κ2) is 6.06. The average Bonchev–Trinajstić information content (AvgIpc) is 2.55. The molecule has 1 aromatic rings. The van der Waals surface area contributed by atoms with Crippen LogP contribution in [0.25, 0.3) is 0 Å². The smallest absolute Gasteiger partial charge is 0.268 e. The van der Waals surface area contributed by atoms with Gasteiger partial charge in [-0.1, -0.05) is 13.3 Å². The predicted octanol–water partition coefficient (Wildman–Crippen LogP) is 1.68. The predicted molar refractivity (Wildman–Crippen MR) is 66.4 cm³/mol. The van der Waals surface area contributed by atoms with Crippen molar-refractivity contribution in [1.82, 2.24) is 9.88 Å². The number of hydrogen-bond acceptors (Lipinski definition) is 2. The molecule has 0 aliphatic carbocycles. The Hall–Kier alpha value is -0.810. The van der Waals surface area contributed by atoms with E-state index in [2.05, 4.69) is 21.2 Å². The first kappa shape index (κ1) is 13.3. The molecular weight excluding hydrogens is 272 g/mol. The van der Waals surface area contributed by atoms with Crippen molar-refractivity contribution >= 4 is 21.8 Å². The van der Waals surface area contributed by atoms with E-state index in [4.69, 9.17) is 0 Å². The molecule has 0 spiro atoms. The monoisotopic (exact) mass is 288 g/mol. The van der Waals surface area contributed by atoms with Gasteiger partial charge in [-0.15, -0.1) is 0 Å². The van der Waals surface area contributed by atoms with E-state index < -0.39 is 6.10 Å². The summed E-state index contributed by atoms with van der Waals surface area (Å²) in [5, 5.41) is 12.2. The molecule has 1 aromatic heterocycles. The molecule has 1 unspecified atom stereocenters. The molecule has 1 rings (SSSR count). The van der Waals surface area contributed by atoms with Crippen LogP contribution in [0.2, 0.25) is 0 Å². The molecule has 4 nitrogen and oxygen atoms in total. The van der Waals surface area contributed by atoms with Gasteiger partial charge in [0.05, 0.1) is 6.10 Å². The molecule has 0 aliphatic rings. The highest BCUT2D eigenvalue weighted by Crippen LogP contribution is 2.13. The van der Waals surface area contributed by atoms with E-state index in [9.17, 15) is 9.90 Å². The Morgan fingerprint density at radius 1 is 1.69 bits per heavy atom. The van der Waals surface area contributed by atoms with Gasteiger partial charge in [-0.2, -0.15) is 0 Å². The normalized spacial score (nSPS) is 12.5. The summed E-state index contributed by atoms with van der Waals surface area (Å²) in [6, 6.07) is 1.75. The zero-order valence-electron chi connectivity index (χ0n) is 9.53. The third-order valence-corrected chi connectivity index (χ3v) is 2.76. The maximum atomic E-state index is 11.7. The number of nitrogens with one attached hydrogen (secondary N) is 1. The first-order valence-corrected chi connectivity index (χ1v) is 6.12. The first-order valence-electron chi connectivity index (χ1n) is 5.32. The number of aliphatic hydroxyl groups excluding tert-OH is 1. The Kier molecular flexibility index (Phi) is 5.02. The molecule has 90 valence electrons. The second-order valence-electron chi connectivity index (χ2n) is 3.81. The third-order valence-electron chi connectivity index (χ3n) is 2.32. The van der Waals surface area contributed by atoms with Gasteiger partial charge in [0, 0.05) is 24.3 Å². The highest BCUT2D eigenvalue weighted by Gasteiger charge is 2.12. The molecule has 0 saturated heterocycles. The molecule has 1 atom stereocenters. The number of carbonyl (C=O) groups is 1. The topological polar surface area (TPSA) is 54.3 Å². The molecular formula is C11H17BrN2O2. The highest BCUT2D eigenvalue weighted by atomic mass is 79.9. The van der Waals surface area contributed by atoms with Crippen LogP contribution in [0.1, 0.15) is 30.3 Å². The number of halogens is 1. The molecule has 0 radical (unpaired) electrons. The van der Waals surface area contributed by atoms with Gasteiger partial charge in [-0.05, 0) is 28.4 Å². The molecule has 5 heteroatoms. The lowest BCUT2D eigenvalue weighted by Crippen LogP contribution is -2.32. The number of nitrogens with zero attached hydrogens (tertiary/aromatic N) is 1. The van der Waals surface area contributed by atoms with Crippen molar-refractivity contribution in [2.24, 2.45) is 7.05 Å². The Morgan fingerprint density at radius 2 is 2.38 bits per heavy atom. The molecule has 0 fully saturated rings. The number of aryl methyl sites for hydroxylation is 1. The number of rotatable bonds is 5. The summed E-state index contributed by atoms with van der Waals surface area (Å²) in [4.78, 5) is 11.7. The summed E-state index contributed by atoms with van der Waals surface area (Å²) in [5.41, 5.74) is 0.579. The van der Waals surface area contributed by atoms with Crippen LogP contribution in [-0.4, -0.2) is 28.2 Å². The maximum absolute atomic E-state index is 11.7. The van der Waals surface area contributed by atoms with Gasteiger partial charge in [0.15, 0.2) is 0 Å². The summed E-state index contributed by atoms with van der Waals surface area (Å²) >= 11 is 3.31. The number of aliphatic hydroxyl groups is 1. The van der Waals surface area contributed by atoms with E-state index in [0.29, 0.717) is 18.7 Å². The van der Waals surface area contributed by atoms with E-state index in [1.165, 1.54) is 0 Å². The van der Waals surface area contributed by atoms with Crippen LogP contribution in [0.3, 0.4) is 0 Å². The minimum atomic E-state index is -0.461. The minimum absolute atomic E-state index is 0.164. The Bertz CT molecular complexity index is 363. The lowest BCUT2D eigenvalue weighted by Gasteiger charge is -2.10. The van der Waals surface area contributed by atoms with Crippen LogP contribution >= 0.6 is 15.9 Å². The Balaban J connectivity index is 2.50. The van der Waals surface area contributed by atoms with Gasteiger partial charge in [0.1, 0.15) is 5.69 Å². The largest absolute Gasteiger partial charge is 0.391 e. The molecule has 0 aromatic carbocycles. The van der Waals surface area contributed by atoms with Gasteiger partial charge in [-0.25, -0.2) is 0 Å². The molecule has 1 heterocycles. The minimum Gasteiger partial charge on any atom is -0.391 e. The molecule has 0 aliphatic heterocycles. The molecule has 0 saturated carbocycles. The number of hydrogen-bond donors (Lipinski definition) is 2. The summed E-state index contributed by atoms with van der Waals surface area (Å²) in [6.45, 7) is 2.30. The van der Waals surface area contributed by atoms with Gasteiger partial charge in [-0.3, -0.25) is 4.79 Å². The van der Waals surface area contributed by atoms with Crippen molar-refractivity contribution in [2.45, 2.75) is 25.9 Å². The standard InChI is InChI=1S/C11H17BrN2O2/c1-3-4-9(15)6-13-11(16)10-5-8(12)7-14(10)2/h5,7,9,15H,3-4,6H2,1-2H3,(H,13,16). The number of aromatic nitrogens is 1. The van der Waals surface area contributed by atoms with Crippen LogP contribution in [0, 0.1) is 0 Å². The third kappa shape index (κ3) is 3.64. The first-order chi connectivity index (χ1) is 7.54. The van der Waals surface area contributed by atoms with Crippen molar-refractivity contribution in [3.8, 4) is 0 Å². The summed E-state index contributed by atoms with van der Waals surface area (Å²) in [6.07, 6.45) is 2.97. The van der Waals surface area contributed by atoms with Crippen molar-refractivity contribution < 1.29 is 9.90 Å². The van der Waals surface area contributed by atoms with Gasteiger partial charge >= 0.3 is 0 Å². The fourth-order valence-corrected chi connectivity index (χ4v) is 2.01. The van der Waals surface area contributed by atoms with Gasteiger partial charge in [0.2, 0.25) is 0 Å². The van der Waals surface area contributed by atoms with Crippen LogP contribution in [-0.2, 0) is 7.05 Å². The van der Waals surface area contributed by atoms with E-state index >= 15 is 0 Å². The quantitative estimate of drug-likeness (QED) is 0.866. The Labute approximate surface area is 104 Å². The highest BCUT2D eigenvalue weighted by molar-refractivity contribution is 9.10. The van der Waals surface area contributed by atoms with E-state index in [1.807, 2.05) is 20.2 Å². The number of carbonyl (C=O) groups excluding carboxylic acids is 1. The van der Waals surface area contributed by atoms with Crippen LogP contribution in [0.4, 0.5) is 0 Å². The van der Waals surface area contributed by atoms with Crippen molar-refractivity contribution in [3.05, 3.63) is 22.4 Å². The van der Waals surface area contributed by atoms with Gasteiger partial charge in [0.25, 0.3) is 5.91 Å². The summed E-state index contributed by atoms with van der Waals surface area (Å²) in [7, 11) is 1.81. The van der Waals surface area contributed by atoms with Crippen molar-refractivity contribution in [1.29, 1.82) is 0 Å². The van der Waals surface area contributed by atoms with E-state index in [0.717, 1.165) is 10.9 Å². The maximum Gasteiger partial charge on any atom is 0.268 e. The number of amides is 1. The zero-order valence-corrected chi connectivity index (χ0v) is 11.1. The molecule has 0 bridgehead atoms. The SMILES string of the molecule is CCCC(O)CNC(=O)c1cc(Br)cn1C. The average molecular weight is 289 g/mol. The van der Waals surface area contributed by atoms with Crippen molar-refractivity contribution in [2.75, 3.05) is 6.54 Å². The molecule has 1 amide bonds. The fraction of sp³-hybridized carbons (Fsp3) is 0.545. The van der Waals surface area contributed by atoms with E-state index in [1.54, 1.807) is 10.6 Å². The zero-order chi connectivity index (χ0) is 12.1. The van der Waals surface area contributed by atoms with Crippen LogP contribution in [0.15, 0.2) is 16.7 Å². The Morgan fingerprint density at radius 3 is 2.88 bits per heavy atom. The van der Waals surface area contributed by atoms with Crippen LogP contribution in [0.5, 0.6) is 0 Å². The van der Waals surface area contributed by atoms with Crippen LogP contribution < -0.4 is 5.32 Å². The lowest BCUT2D eigenvalue weighted by molar-refractivity contribution is 0.0902. The molecule has 2 N–H and O–H groups in total. The van der Waals surface area contributed by atoms with Gasteiger partial charge < -0.3 is 15.0 Å². The van der Waals surface area contributed by atoms with E-state index in [-0.39, 0.29) is 5.91 Å². The molecule has 16 heavy (non-hydrogen) atoms.